The third-order valence-corrected chi connectivity index (χ3v) is 5.27. The van der Waals surface area contributed by atoms with E-state index in [1.807, 2.05) is 11.3 Å². The Labute approximate surface area is 117 Å². The van der Waals surface area contributed by atoms with Crippen molar-refractivity contribution in [3.63, 3.8) is 0 Å². The molecular weight excluding hydrogens is 296 g/mol. The normalized spacial score (nSPS) is 19.1. The van der Waals surface area contributed by atoms with E-state index in [2.05, 4.69) is 51.8 Å². The molecule has 1 aromatic heterocycles. The van der Waals surface area contributed by atoms with E-state index < -0.39 is 0 Å². The minimum Gasteiger partial charge on any atom is -0.303 e. The van der Waals surface area contributed by atoms with Crippen LogP contribution in [0.15, 0.2) is 15.9 Å². The summed E-state index contributed by atoms with van der Waals surface area (Å²) in [5.74, 6) is 0. The summed E-state index contributed by atoms with van der Waals surface area (Å²) in [5, 5.41) is 0. The summed E-state index contributed by atoms with van der Waals surface area (Å²) in [6.45, 7) is 7.08. The first-order valence-electron chi connectivity index (χ1n) is 6.36. The monoisotopic (exact) mass is 316 g/mol. The zero-order valence-corrected chi connectivity index (χ0v) is 13.1. The molecule has 0 aliphatic carbocycles. The van der Waals surface area contributed by atoms with Crippen molar-refractivity contribution in [2.75, 3.05) is 26.7 Å². The van der Waals surface area contributed by atoms with Crippen LogP contribution in [0.4, 0.5) is 0 Å². The Balaban J connectivity index is 1.82. The van der Waals surface area contributed by atoms with Crippen LogP contribution in [0.5, 0.6) is 0 Å². The molecular formula is C13H21BrN2S. The lowest BCUT2D eigenvalue weighted by Gasteiger charge is -2.36. The third-order valence-electron chi connectivity index (χ3n) is 3.66. The van der Waals surface area contributed by atoms with Gasteiger partial charge in [0, 0.05) is 17.5 Å². The van der Waals surface area contributed by atoms with Crippen LogP contribution in [0.25, 0.3) is 0 Å². The molecule has 96 valence electrons. The molecule has 17 heavy (non-hydrogen) atoms. The first-order valence-corrected chi connectivity index (χ1v) is 7.96. The summed E-state index contributed by atoms with van der Waals surface area (Å²) in [7, 11) is 2.26. The molecule has 0 radical (unpaired) electrons. The summed E-state index contributed by atoms with van der Waals surface area (Å²) < 4.78 is 1.24. The second-order valence-corrected chi connectivity index (χ2v) is 7.33. The van der Waals surface area contributed by atoms with Gasteiger partial charge in [0.15, 0.2) is 0 Å². The molecule has 0 unspecified atom stereocenters. The molecule has 1 aliphatic rings. The van der Waals surface area contributed by atoms with Gasteiger partial charge in [-0.15, -0.1) is 11.3 Å². The Kier molecular flexibility index (Phi) is 5.03. The molecule has 2 nitrogen and oxygen atoms in total. The molecule has 0 atom stereocenters. The van der Waals surface area contributed by atoms with Crippen LogP contribution in [0, 0.1) is 0 Å². The lowest BCUT2D eigenvalue weighted by Crippen LogP contribution is -2.42. The number of halogens is 1. The molecule has 1 aromatic rings. The van der Waals surface area contributed by atoms with Crippen molar-refractivity contribution >= 4 is 27.3 Å². The van der Waals surface area contributed by atoms with Crippen molar-refractivity contribution in [1.82, 2.24) is 9.80 Å². The minimum atomic E-state index is 0.763. The molecule has 0 amide bonds. The second-order valence-electron chi connectivity index (χ2n) is 4.79. The number of likely N-dealkylation sites (tertiary alicyclic amines) is 1. The number of hydrogen-bond acceptors (Lipinski definition) is 3. The Hall–Kier alpha value is 0.1000. The average Bonchev–Trinajstić information content (AvgIpc) is 2.75. The van der Waals surface area contributed by atoms with Crippen molar-refractivity contribution < 1.29 is 0 Å². The smallest absolute Gasteiger partial charge is 0.0701 e. The molecule has 0 bridgehead atoms. The van der Waals surface area contributed by atoms with Gasteiger partial charge in [-0.25, -0.2) is 0 Å². The summed E-state index contributed by atoms with van der Waals surface area (Å²) in [6, 6.07) is 5.14. The predicted molar refractivity (Wildman–Crippen MR) is 78.6 cm³/mol. The first-order chi connectivity index (χ1) is 8.19. The van der Waals surface area contributed by atoms with Gasteiger partial charge in [0.1, 0.15) is 0 Å². The van der Waals surface area contributed by atoms with Crippen LogP contribution < -0.4 is 0 Å². The highest BCUT2D eigenvalue weighted by molar-refractivity contribution is 9.11. The lowest BCUT2D eigenvalue weighted by atomic mass is 10.0. The van der Waals surface area contributed by atoms with E-state index in [0.717, 1.165) is 12.6 Å². The number of nitrogens with zero attached hydrogens (tertiary/aromatic N) is 2. The molecule has 0 saturated carbocycles. The highest BCUT2D eigenvalue weighted by atomic mass is 79.9. The fraction of sp³-hybridized carbons (Fsp3) is 0.692. The minimum absolute atomic E-state index is 0.763. The predicted octanol–water partition coefficient (Wildman–Crippen LogP) is 3.43. The van der Waals surface area contributed by atoms with Gasteiger partial charge >= 0.3 is 0 Å². The molecule has 1 aliphatic heterocycles. The number of thiophene rings is 1. The van der Waals surface area contributed by atoms with Crippen molar-refractivity contribution in [1.29, 1.82) is 0 Å². The SMILES string of the molecule is CCN1CCC(N(C)Cc2ccc(Br)s2)CC1. The number of hydrogen-bond donors (Lipinski definition) is 0. The van der Waals surface area contributed by atoms with Crippen molar-refractivity contribution in [3.8, 4) is 0 Å². The van der Waals surface area contributed by atoms with Crippen LogP contribution in [0.2, 0.25) is 0 Å². The summed E-state index contributed by atoms with van der Waals surface area (Å²) in [6.07, 6.45) is 2.63. The summed E-state index contributed by atoms with van der Waals surface area (Å²) in [5.41, 5.74) is 0. The summed E-state index contributed by atoms with van der Waals surface area (Å²) in [4.78, 5) is 6.52. The van der Waals surface area contributed by atoms with Gasteiger partial charge in [-0.3, -0.25) is 4.90 Å². The van der Waals surface area contributed by atoms with E-state index in [1.165, 1.54) is 41.1 Å². The largest absolute Gasteiger partial charge is 0.303 e. The molecule has 1 fully saturated rings. The average molecular weight is 317 g/mol. The number of piperidine rings is 1. The molecule has 2 rings (SSSR count). The van der Waals surface area contributed by atoms with Crippen LogP contribution in [-0.4, -0.2) is 42.5 Å². The number of rotatable bonds is 4. The van der Waals surface area contributed by atoms with Gasteiger partial charge in [0.05, 0.1) is 3.79 Å². The van der Waals surface area contributed by atoms with Gasteiger partial charge < -0.3 is 4.90 Å². The highest BCUT2D eigenvalue weighted by Crippen LogP contribution is 2.25. The first kappa shape index (κ1) is 13.5. The van der Waals surface area contributed by atoms with Gasteiger partial charge in [0.25, 0.3) is 0 Å². The fourth-order valence-electron chi connectivity index (χ4n) is 2.49. The Morgan fingerprint density at radius 1 is 1.41 bits per heavy atom. The summed E-state index contributed by atoms with van der Waals surface area (Å²) >= 11 is 5.38. The van der Waals surface area contributed by atoms with Crippen molar-refractivity contribution in [2.24, 2.45) is 0 Å². The van der Waals surface area contributed by atoms with Gasteiger partial charge in [0.2, 0.25) is 0 Å². The highest BCUT2D eigenvalue weighted by Gasteiger charge is 2.21. The quantitative estimate of drug-likeness (QED) is 0.839. The standard InChI is InChI=1S/C13H21BrN2S/c1-3-16-8-6-11(7-9-16)15(2)10-12-4-5-13(14)17-12/h4-5,11H,3,6-10H2,1-2H3. The Morgan fingerprint density at radius 3 is 2.65 bits per heavy atom. The lowest BCUT2D eigenvalue weighted by molar-refractivity contribution is 0.128. The van der Waals surface area contributed by atoms with Crippen molar-refractivity contribution in [3.05, 3.63) is 20.8 Å². The molecule has 0 aromatic carbocycles. The van der Waals surface area contributed by atoms with Crippen LogP contribution >= 0.6 is 27.3 Å². The maximum Gasteiger partial charge on any atom is 0.0701 e. The topological polar surface area (TPSA) is 6.48 Å². The Morgan fingerprint density at radius 2 is 2.12 bits per heavy atom. The second kappa shape index (κ2) is 6.32. The van der Waals surface area contributed by atoms with Crippen LogP contribution in [0.3, 0.4) is 0 Å². The maximum atomic E-state index is 3.53. The molecule has 4 heteroatoms. The molecule has 2 heterocycles. The fourth-order valence-corrected chi connectivity index (χ4v) is 4.03. The van der Waals surface area contributed by atoms with E-state index in [4.69, 9.17) is 0 Å². The molecule has 0 N–H and O–H groups in total. The van der Waals surface area contributed by atoms with E-state index in [1.54, 1.807) is 0 Å². The maximum absolute atomic E-state index is 3.53. The molecule has 0 spiro atoms. The van der Waals surface area contributed by atoms with Gasteiger partial charge in [-0.2, -0.15) is 0 Å². The third kappa shape index (κ3) is 3.78. The molecule has 1 saturated heterocycles. The van der Waals surface area contributed by atoms with Gasteiger partial charge in [-0.05, 0) is 67.6 Å². The van der Waals surface area contributed by atoms with E-state index >= 15 is 0 Å². The van der Waals surface area contributed by atoms with E-state index in [9.17, 15) is 0 Å². The zero-order valence-electron chi connectivity index (χ0n) is 10.7. The van der Waals surface area contributed by atoms with Gasteiger partial charge in [-0.1, -0.05) is 6.92 Å². The Bertz CT molecular complexity index is 345. The van der Waals surface area contributed by atoms with E-state index in [0.29, 0.717) is 0 Å². The van der Waals surface area contributed by atoms with Crippen LogP contribution in [0.1, 0.15) is 24.6 Å². The van der Waals surface area contributed by atoms with Crippen molar-refractivity contribution in [2.45, 2.75) is 32.4 Å². The zero-order chi connectivity index (χ0) is 12.3. The van der Waals surface area contributed by atoms with E-state index in [-0.39, 0.29) is 0 Å². The van der Waals surface area contributed by atoms with Crippen LogP contribution in [-0.2, 0) is 6.54 Å².